The number of amides is 1. The van der Waals surface area contributed by atoms with Crippen LogP contribution in [0.15, 0.2) is 35.9 Å². The summed E-state index contributed by atoms with van der Waals surface area (Å²) in [6, 6.07) is 7.93. The molecule has 0 N–H and O–H groups in total. The van der Waals surface area contributed by atoms with Crippen molar-refractivity contribution < 1.29 is 13.2 Å². The summed E-state index contributed by atoms with van der Waals surface area (Å²) < 4.78 is 24.1. The van der Waals surface area contributed by atoms with E-state index >= 15 is 0 Å². The maximum Gasteiger partial charge on any atom is 0.227 e. The smallest absolute Gasteiger partial charge is 0.227 e. The van der Waals surface area contributed by atoms with E-state index in [0.29, 0.717) is 13.0 Å². The molecule has 1 saturated heterocycles. The molecule has 27 heavy (non-hydrogen) atoms. The molecule has 1 aliphatic carbocycles. The van der Waals surface area contributed by atoms with Crippen molar-refractivity contribution in [3.8, 4) is 0 Å². The average Bonchev–Trinajstić information content (AvgIpc) is 2.90. The van der Waals surface area contributed by atoms with E-state index in [2.05, 4.69) is 33.8 Å². The third-order valence-electron chi connectivity index (χ3n) is 6.10. The van der Waals surface area contributed by atoms with Crippen LogP contribution >= 0.6 is 0 Å². The van der Waals surface area contributed by atoms with Crippen molar-refractivity contribution in [2.24, 2.45) is 17.3 Å². The predicted molar refractivity (Wildman–Crippen MR) is 109 cm³/mol. The summed E-state index contributed by atoms with van der Waals surface area (Å²) in [5.41, 5.74) is 3.37. The van der Waals surface area contributed by atoms with E-state index in [9.17, 15) is 13.2 Å². The summed E-state index contributed by atoms with van der Waals surface area (Å²) >= 11 is 0. The van der Waals surface area contributed by atoms with Crippen LogP contribution in [0.25, 0.3) is 0 Å². The molecule has 3 atom stereocenters. The SMILES string of the molecule is CC(C)=C[C@@H]1[C@H](C(=O)N(Cc2ccc(C)cc2)[C@H]2CCS(=O)(=O)C2)C1(C)C. The first-order valence-corrected chi connectivity index (χ1v) is 11.5. The minimum atomic E-state index is -3.05. The molecule has 0 radical (unpaired) electrons. The first-order valence-electron chi connectivity index (χ1n) is 9.73. The molecule has 1 heterocycles. The number of hydrogen-bond donors (Lipinski definition) is 0. The summed E-state index contributed by atoms with van der Waals surface area (Å²) in [5.74, 6) is 0.533. The molecule has 4 nitrogen and oxygen atoms in total. The van der Waals surface area contributed by atoms with Gasteiger partial charge in [-0.25, -0.2) is 8.42 Å². The summed E-state index contributed by atoms with van der Waals surface area (Å²) in [4.78, 5) is 15.3. The van der Waals surface area contributed by atoms with E-state index < -0.39 is 9.84 Å². The molecule has 148 valence electrons. The Balaban J connectivity index is 1.86. The van der Waals surface area contributed by atoms with Gasteiger partial charge in [-0.1, -0.05) is 55.3 Å². The number of benzene rings is 1. The fraction of sp³-hybridized carbons (Fsp3) is 0.591. The quantitative estimate of drug-likeness (QED) is 0.721. The van der Waals surface area contributed by atoms with Gasteiger partial charge in [0.25, 0.3) is 0 Å². The van der Waals surface area contributed by atoms with Gasteiger partial charge in [0.15, 0.2) is 9.84 Å². The highest BCUT2D eigenvalue weighted by Gasteiger charge is 2.61. The number of carbonyl (C=O) groups excluding carboxylic acids is 1. The van der Waals surface area contributed by atoms with Crippen LogP contribution in [0.4, 0.5) is 0 Å². The minimum absolute atomic E-state index is 0.0684. The van der Waals surface area contributed by atoms with Gasteiger partial charge in [-0.05, 0) is 44.1 Å². The Hall–Kier alpha value is -1.62. The molecule has 0 spiro atoms. The first kappa shape index (κ1) is 20.1. The van der Waals surface area contributed by atoms with Gasteiger partial charge in [0.05, 0.1) is 17.4 Å². The van der Waals surface area contributed by atoms with Crippen molar-refractivity contribution in [2.45, 2.75) is 53.6 Å². The maximum absolute atomic E-state index is 13.5. The largest absolute Gasteiger partial charge is 0.334 e. The molecule has 5 heteroatoms. The molecule has 2 aliphatic rings. The third-order valence-corrected chi connectivity index (χ3v) is 7.85. The Morgan fingerprint density at radius 1 is 1.22 bits per heavy atom. The molecule has 0 unspecified atom stereocenters. The van der Waals surface area contributed by atoms with Crippen LogP contribution in [-0.4, -0.2) is 36.8 Å². The van der Waals surface area contributed by atoms with E-state index in [1.165, 1.54) is 11.1 Å². The lowest BCUT2D eigenvalue weighted by molar-refractivity contribution is -0.136. The van der Waals surface area contributed by atoms with Crippen molar-refractivity contribution in [1.82, 2.24) is 4.90 Å². The molecule has 3 rings (SSSR count). The fourth-order valence-corrected chi connectivity index (χ4v) is 6.03. The Labute approximate surface area is 163 Å². The second-order valence-electron chi connectivity index (χ2n) is 9.08. The van der Waals surface area contributed by atoms with Crippen LogP contribution in [0.3, 0.4) is 0 Å². The van der Waals surface area contributed by atoms with Crippen molar-refractivity contribution in [1.29, 1.82) is 0 Å². The maximum atomic E-state index is 13.5. The Morgan fingerprint density at radius 3 is 2.37 bits per heavy atom. The molecular weight excluding hydrogens is 358 g/mol. The second-order valence-corrected chi connectivity index (χ2v) is 11.3. The lowest BCUT2D eigenvalue weighted by Crippen LogP contribution is -2.42. The highest BCUT2D eigenvalue weighted by molar-refractivity contribution is 7.91. The van der Waals surface area contributed by atoms with Crippen LogP contribution in [0, 0.1) is 24.2 Å². The monoisotopic (exact) mass is 389 g/mol. The summed E-state index contributed by atoms with van der Waals surface area (Å²) in [6.07, 6.45) is 2.73. The Bertz CT molecular complexity index is 848. The van der Waals surface area contributed by atoms with Crippen LogP contribution in [0.1, 0.15) is 45.2 Å². The normalized spacial score (nSPS) is 27.8. The Kier molecular flexibility index (Phi) is 5.28. The molecule has 1 aromatic rings. The van der Waals surface area contributed by atoms with Crippen molar-refractivity contribution in [3.63, 3.8) is 0 Å². The van der Waals surface area contributed by atoms with Crippen molar-refractivity contribution in [2.75, 3.05) is 11.5 Å². The first-order chi connectivity index (χ1) is 12.5. The van der Waals surface area contributed by atoms with E-state index in [4.69, 9.17) is 0 Å². The highest BCUT2D eigenvalue weighted by Crippen LogP contribution is 2.60. The molecule has 1 aromatic carbocycles. The Morgan fingerprint density at radius 2 is 1.85 bits per heavy atom. The molecule has 1 amide bonds. The standard InChI is InChI=1S/C22H31NO3S/c1-15(2)12-19-20(22(19,4)5)21(24)23(18-10-11-27(25,26)14-18)13-17-8-6-16(3)7-9-17/h6-9,12,18-20H,10-11,13-14H2,1-5H3/t18-,19+,20+/m0/s1. The number of allylic oxidation sites excluding steroid dienone is 2. The van der Waals surface area contributed by atoms with Gasteiger partial charge in [-0.15, -0.1) is 0 Å². The molecular formula is C22H31NO3S. The zero-order chi connectivity index (χ0) is 20.0. The molecule has 1 saturated carbocycles. The van der Waals surface area contributed by atoms with Gasteiger partial charge in [-0.3, -0.25) is 4.79 Å². The van der Waals surface area contributed by atoms with Crippen LogP contribution in [-0.2, 0) is 21.2 Å². The van der Waals surface area contributed by atoms with Gasteiger partial charge < -0.3 is 4.90 Å². The van der Waals surface area contributed by atoms with E-state index in [1.807, 2.05) is 36.1 Å². The average molecular weight is 390 g/mol. The van der Waals surface area contributed by atoms with Crippen LogP contribution in [0.5, 0.6) is 0 Å². The van der Waals surface area contributed by atoms with Gasteiger partial charge in [-0.2, -0.15) is 0 Å². The van der Waals surface area contributed by atoms with Crippen molar-refractivity contribution >= 4 is 15.7 Å². The third kappa shape index (κ3) is 4.29. The molecule has 2 fully saturated rings. The van der Waals surface area contributed by atoms with Crippen LogP contribution < -0.4 is 0 Å². The number of aryl methyl sites for hydroxylation is 1. The summed E-state index contributed by atoms with van der Waals surface area (Å²) in [7, 11) is -3.05. The zero-order valence-corrected chi connectivity index (χ0v) is 17.8. The number of rotatable bonds is 5. The van der Waals surface area contributed by atoms with E-state index in [1.54, 1.807) is 0 Å². The van der Waals surface area contributed by atoms with Gasteiger partial charge in [0.2, 0.25) is 5.91 Å². The molecule has 0 bridgehead atoms. The zero-order valence-electron chi connectivity index (χ0n) is 17.0. The summed E-state index contributed by atoms with van der Waals surface area (Å²) in [5, 5.41) is 0. The second kappa shape index (κ2) is 7.08. The predicted octanol–water partition coefficient (Wildman–Crippen LogP) is 3.75. The molecule has 1 aliphatic heterocycles. The number of carbonyl (C=O) groups is 1. The van der Waals surface area contributed by atoms with Gasteiger partial charge >= 0.3 is 0 Å². The number of nitrogens with zero attached hydrogens (tertiary/aromatic N) is 1. The minimum Gasteiger partial charge on any atom is -0.334 e. The van der Waals surface area contributed by atoms with Crippen molar-refractivity contribution in [3.05, 3.63) is 47.0 Å². The lowest BCUT2D eigenvalue weighted by atomic mass is 10.1. The fourth-order valence-electron chi connectivity index (χ4n) is 4.30. The molecule has 0 aromatic heterocycles. The number of sulfone groups is 1. The van der Waals surface area contributed by atoms with Gasteiger partial charge in [0.1, 0.15) is 0 Å². The summed E-state index contributed by atoms with van der Waals surface area (Å²) in [6.45, 7) is 10.9. The highest BCUT2D eigenvalue weighted by atomic mass is 32.2. The topological polar surface area (TPSA) is 54.5 Å². The number of hydrogen-bond acceptors (Lipinski definition) is 3. The van der Waals surface area contributed by atoms with Gasteiger partial charge in [0, 0.05) is 12.6 Å². The lowest BCUT2D eigenvalue weighted by Gasteiger charge is -2.29. The van der Waals surface area contributed by atoms with Crippen LogP contribution in [0.2, 0.25) is 0 Å². The van der Waals surface area contributed by atoms with E-state index in [-0.39, 0.29) is 40.7 Å². The van der Waals surface area contributed by atoms with E-state index in [0.717, 1.165) is 5.56 Å².